The molecule has 0 spiro atoms. The summed E-state index contributed by atoms with van der Waals surface area (Å²) >= 11 is 0. The number of carbonyl (C=O) groups excluding carboxylic acids is 2. The van der Waals surface area contributed by atoms with Gasteiger partial charge in [0.2, 0.25) is 0 Å². The number of rotatable bonds is 4. The second kappa shape index (κ2) is 9.41. The van der Waals surface area contributed by atoms with E-state index in [1.54, 1.807) is 13.8 Å². The number of nitrogens with zero attached hydrogens (tertiary/aromatic N) is 1. The summed E-state index contributed by atoms with van der Waals surface area (Å²) in [5.74, 6) is -2.23. The van der Waals surface area contributed by atoms with Crippen molar-refractivity contribution < 1.29 is 44.6 Å². The average Bonchev–Trinajstić information content (AvgIpc) is 2.86. The molecular weight excluding hydrogens is 494 g/mol. The molecule has 2 aromatic carbocycles. The lowest BCUT2D eigenvalue weighted by molar-refractivity contribution is -0.279. The van der Waals surface area contributed by atoms with Crippen LogP contribution in [-0.4, -0.2) is 86.2 Å². The molecule has 0 radical (unpaired) electrons. The minimum Gasteiger partial charge on any atom is -0.507 e. The highest BCUT2D eigenvalue weighted by Crippen LogP contribution is 2.53. The van der Waals surface area contributed by atoms with Gasteiger partial charge in [-0.25, -0.2) is 0 Å². The first-order chi connectivity index (χ1) is 17.9. The Bertz CT molecular complexity index is 1310. The molecular formula is C28H33NO9. The third-order valence-electron chi connectivity index (χ3n) is 8.25. The van der Waals surface area contributed by atoms with Crippen LogP contribution in [0.1, 0.15) is 88.3 Å². The second-order valence-corrected chi connectivity index (χ2v) is 10.7. The summed E-state index contributed by atoms with van der Waals surface area (Å²) in [5, 5.41) is 55.0. The summed E-state index contributed by atoms with van der Waals surface area (Å²) < 4.78 is 12.2. The highest BCUT2D eigenvalue weighted by Gasteiger charge is 2.51. The third kappa shape index (κ3) is 3.95. The van der Waals surface area contributed by atoms with Gasteiger partial charge < -0.3 is 39.9 Å². The predicted molar refractivity (Wildman–Crippen MR) is 134 cm³/mol. The minimum absolute atomic E-state index is 0.0142. The van der Waals surface area contributed by atoms with Gasteiger partial charge in [0.1, 0.15) is 17.6 Å². The normalized spacial score (nSPS) is 32.6. The number of ether oxygens (including phenoxy) is 2. The van der Waals surface area contributed by atoms with Crippen LogP contribution < -0.4 is 0 Å². The first-order valence-electron chi connectivity index (χ1n) is 12.8. The number of carbonyl (C=O) groups is 2. The van der Waals surface area contributed by atoms with E-state index in [-0.39, 0.29) is 64.4 Å². The minimum atomic E-state index is -1.63. The Kier molecular flexibility index (Phi) is 6.62. The van der Waals surface area contributed by atoms with Gasteiger partial charge in [-0.3, -0.25) is 9.59 Å². The van der Waals surface area contributed by atoms with Crippen LogP contribution >= 0.6 is 0 Å². The molecule has 1 aliphatic heterocycles. The van der Waals surface area contributed by atoms with Crippen LogP contribution in [0.25, 0.3) is 0 Å². The van der Waals surface area contributed by atoms with Gasteiger partial charge in [-0.05, 0) is 45.1 Å². The molecule has 2 aliphatic carbocycles. The number of phenolic OH excluding ortho intramolecular Hbond substituents is 2. The molecule has 0 bridgehead atoms. The van der Waals surface area contributed by atoms with Crippen molar-refractivity contribution in [3.8, 4) is 11.5 Å². The molecule has 3 aliphatic rings. The molecule has 0 unspecified atom stereocenters. The molecule has 204 valence electrons. The molecule has 10 nitrogen and oxygen atoms in total. The molecule has 0 saturated carbocycles. The van der Waals surface area contributed by atoms with Crippen LogP contribution in [0.4, 0.5) is 0 Å². The zero-order valence-electron chi connectivity index (χ0n) is 21.7. The zero-order valence-corrected chi connectivity index (χ0v) is 21.7. The van der Waals surface area contributed by atoms with Crippen molar-refractivity contribution in [2.75, 3.05) is 14.1 Å². The molecule has 5 rings (SSSR count). The van der Waals surface area contributed by atoms with Gasteiger partial charge >= 0.3 is 0 Å². The summed E-state index contributed by atoms with van der Waals surface area (Å²) in [7, 11) is 3.65. The lowest BCUT2D eigenvalue weighted by Crippen LogP contribution is -2.54. The number of hydrogen-bond acceptors (Lipinski definition) is 10. The van der Waals surface area contributed by atoms with E-state index in [9.17, 15) is 35.1 Å². The topological polar surface area (TPSA) is 157 Å². The highest BCUT2D eigenvalue weighted by atomic mass is 16.7. The van der Waals surface area contributed by atoms with Gasteiger partial charge in [0.05, 0.1) is 35.0 Å². The summed E-state index contributed by atoms with van der Waals surface area (Å²) in [6.07, 6.45) is -4.43. The standard InChI is InChI=1S/C28H33NO9/c1-5-28(36)11-18(31)14-9-15-21(24(33)13-7-6-8-17(30)20(13)25(15)34)26(35)22(14)27(28)38-19-10-16(29(3)4)23(32)12(2)37-19/h6-9,12,16,18-19,23,27,30-32,35-36H,5,10-11H2,1-4H3/t12-,16-,18-,19-,23+,27+,28+/m0/s1. The van der Waals surface area contributed by atoms with Crippen molar-refractivity contribution in [2.45, 2.75) is 75.5 Å². The zero-order chi connectivity index (χ0) is 27.7. The summed E-state index contributed by atoms with van der Waals surface area (Å²) in [5.41, 5.74) is -2.09. The predicted octanol–water partition coefficient (Wildman–Crippen LogP) is 1.94. The van der Waals surface area contributed by atoms with Crippen LogP contribution in [0.15, 0.2) is 24.3 Å². The number of phenols is 2. The van der Waals surface area contributed by atoms with Crippen LogP contribution in [0.2, 0.25) is 0 Å². The molecule has 1 fully saturated rings. The van der Waals surface area contributed by atoms with Gasteiger partial charge in [0.25, 0.3) is 0 Å². The number of fused-ring (bicyclic) bond motifs is 3. The summed E-state index contributed by atoms with van der Waals surface area (Å²) in [6, 6.07) is 5.17. The van der Waals surface area contributed by atoms with Crippen molar-refractivity contribution in [3.05, 3.63) is 57.6 Å². The number of benzene rings is 2. The Labute approximate surface area is 220 Å². The monoisotopic (exact) mass is 527 g/mol. The molecule has 2 aromatic rings. The highest BCUT2D eigenvalue weighted by molar-refractivity contribution is 6.30. The Hall–Kier alpha value is -2.86. The molecule has 5 N–H and O–H groups in total. The number of ketones is 2. The van der Waals surface area contributed by atoms with E-state index < -0.39 is 53.6 Å². The number of hydrogen-bond donors (Lipinski definition) is 5. The molecule has 1 saturated heterocycles. The number of aliphatic hydroxyl groups is 3. The van der Waals surface area contributed by atoms with E-state index in [0.29, 0.717) is 0 Å². The van der Waals surface area contributed by atoms with Crippen LogP contribution in [0.5, 0.6) is 11.5 Å². The average molecular weight is 528 g/mol. The molecule has 0 amide bonds. The van der Waals surface area contributed by atoms with Gasteiger partial charge in [0.15, 0.2) is 17.9 Å². The van der Waals surface area contributed by atoms with E-state index >= 15 is 0 Å². The number of aliphatic hydroxyl groups excluding tert-OH is 2. The van der Waals surface area contributed by atoms with Gasteiger partial charge in [-0.2, -0.15) is 0 Å². The summed E-state index contributed by atoms with van der Waals surface area (Å²) in [4.78, 5) is 28.7. The Balaban J connectivity index is 1.64. The molecule has 38 heavy (non-hydrogen) atoms. The van der Waals surface area contributed by atoms with Crippen molar-refractivity contribution in [1.82, 2.24) is 4.90 Å². The van der Waals surface area contributed by atoms with Crippen molar-refractivity contribution >= 4 is 11.6 Å². The van der Waals surface area contributed by atoms with Gasteiger partial charge in [-0.1, -0.05) is 19.1 Å². The number of aromatic hydroxyl groups is 2. The number of likely N-dealkylation sites (N-methyl/N-ethyl adjacent to an activating group) is 1. The smallest absolute Gasteiger partial charge is 0.198 e. The fraction of sp³-hybridized carbons (Fsp3) is 0.500. The first-order valence-corrected chi connectivity index (χ1v) is 12.8. The van der Waals surface area contributed by atoms with Gasteiger partial charge in [0, 0.05) is 35.6 Å². The largest absolute Gasteiger partial charge is 0.507 e. The van der Waals surface area contributed by atoms with Crippen molar-refractivity contribution in [3.63, 3.8) is 0 Å². The van der Waals surface area contributed by atoms with Crippen LogP contribution in [0.3, 0.4) is 0 Å². The fourth-order valence-electron chi connectivity index (χ4n) is 6.03. The Morgan fingerprint density at radius 2 is 1.79 bits per heavy atom. The fourth-order valence-corrected chi connectivity index (χ4v) is 6.03. The molecule has 7 atom stereocenters. The Morgan fingerprint density at radius 3 is 2.45 bits per heavy atom. The lowest BCUT2D eigenvalue weighted by Gasteiger charge is -2.47. The van der Waals surface area contributed by atoms with Crippen molar-refractivity contribution in [2.24, 2.45) is 0 Å². The van der Waals surface area contributed by atoms with E-state index in [4.69, 9.17) is 9.47 Å². The summed E-state index contributed by atoms with van der Waals surface area (Å²) in [6.45, 7) is 3.43. The first kappa shape index (κ1) is 26.7. The third-order valence-corrected chi connectivity index (χ3v) is 8.25. The molecule has 0 aromatic heterocycles. The lowest BCUT2D eigenvalue weighted by atomic mass is 9.71. The van der Waals surface area contributed by atoms with Gasteiger partial charge in [-0.15, -0.1) is 0 Å². The molecule has 10 heteroatoms. The quantitative estimate of drug-likeness (QED) is 0.340. The maximum Gasteiger partial charge on any atom is 0.198 e. The van der Waals surface area contributed by atoms with Crippen molar-refractivity contribution in [1.29, 1.82) is 0 Å². The second-order valence-electron chi connectivity index (χ2n) is 10.7. The van der Waals surface area contributed by atoms with E-state index in [1.807, 2.05) is 19.0 Å². The van der Waals surface area contributed by atoms with Crippen LogP contribution in [0, 0.1) is 0 Å². The molecule has 1 heterocycles. The maximum atomic E-state index is 13.5. The Morgan fingerprint density at radius 1 is 1.11 bits per heavy atom. The van der Waals surface area contributed by atoms with E-state index in [1.165, 1.54) is 24.3 Å². The van der Waals surface area contributed by atoms with E-state index in [2.05, 4.69) is 0 Å². The van der Waals surface area contributed by atoms with E-state index in [0.717, 1.165) is 0 Å². The SMILES string of the molecule is CC[C@@]1(O)C[C@H](O)c2cc3c(c(O)c2[C@H]1O[C@H]1C[C@H](N(C)C)[C@H](O)[C@H](C)O1)C(=O)c1cccc(O)c1C3=O. The maximum absolute atomic E-state index is 13.5. The van der Waals surface area contributed by atoms with Crippen LogP contribution in [-0.2, 0) is 9.47 Å².